The Hall–Kier alpha value is -1.73. The molecule has 0 amide bonds. The van der Waals surface area contributed by atoms with Gasteiger partial charge in [0.25, 0.3) is 0 Å². The summed E-state index contributed by atoms with van der Waals surface area (Å²) in [6.45, 7) is 5.32. The van der Waals surface area contributed by atoms with Crippen LogP contribution < -0.4 is 4.74 Å². The van der Waals surface area contributed by atoms with Crippen LogP contribution in [0.5, 0.6) is 5.75 Å². The second kappa shape index (κ2) is 6.62. The quantitative estimate of drug-likeness (QED) is 0.609. The largest absolute Gasteiger partial charge is 0.484 e. The summed E-state index contributed by atoms with van der Waals surface area (Å²) < 4.78 is 24.1. The van der Waals surface area contributed by atoms with Gasteiger partial charge in [-0.15, -0.1) is 0 Å². The van der Waals surface area contributed by atoms with Gasteiger partial charge in [0.05, 0.1) is 11.5 Å². The molecule has 1 atom stereocenters. The smallest absolute Gasteiger partial charge is 0.311 e. The maximum Gasteiger partial charge on any atom is 0.311 e. The number of benzene rings is 1. The third-order valence-electron chi connectivity index (χ3n) is 3.21. The van der Waals surface area contributed by atoms with Crippen LogP contribution >= 0.6 is 0 Å². The molecule has 0 aliphatic carbocycles. The molecule has 1 saturated heterocycles. The molecule has 0 aromatic heterocycles. The second-order valence-electron chi connectivity index (χ2n) is 4.57. The van der Waals surface area contributed by atoms with Gasteiger partial charge in [0.2, 0.25) is 0 Å². The highest BCUT2D eigenvalue weighted by Gasteiger charge is 2.22. The molecule has 1 heterocycles. The minimum atomic E-state index is -0.588. The first kappa shape index (κ1) is 14.7. The van der Waals surface area contributed by atoms with Crippen LogP contribution in [0.4, 0.5) is 10.1 Å². The van der Waals surface area contributed by atoms with Crippen LogP contribution in [0.3, 0.4) is 0 Å². The van der Waals surface area contributed by atoms with E-state index in [0.717, 1.165) is 31.3 Å². The average molecular weight is 284 g/mol. The van der Waals surface area contributed by atoms with Gasteiger partial charge in [-0.3, -0.25) is 15.0 Å². The van der Waals surface area contributed by atoms with Crippen LogP contribution in [0.1, 0.15) is 6.92 Å². The van der Waals surface area contributed by atoms with Crippen LogP contribution in [0.2, 0.25) is 0 Å². The minimum Gasteiger partial charge on any atom is -0.484 e. The Labute approximate surface area is 116 Å². The molecule has 1 aliphatic rings. The van der Waals surface area contributed by atoms with Crippen molar-refractivity contribution in [3.05, 3.63) is 34.1 Å². The summed E-state index contributed by atoms with van der Waals surface area (Å²) in [6, 6.07) is 3.17. The highest BCUT2D eigenvalue weighted by Crippen LogP contribution is 2.27. The lowest BCUT2D eigenvalue weighted by Gasteiger charge is -2.31. The maximum absolute atomic E-state index is 13.2. The molecule has 1 unspecified atom stereocenters. The summed E-state index contributed by atoms with van der Waals surface area (Å²) in [6.07, 6.45) is -0.161. The van der Waals surface area contributed by atoms with Crippen molar-refractivity contribution in [1.29, 1.82) is 0 Å². The van der Waals surface area contributed by atoms with E-state index < -0.39 is 10.7 Å². The lowest BCUT2D eigenvalue weighted by molar-refractivity contribution is -0.386. The van der Waals surface area contributed by atoms with Gasteiger partial charge in [-0.2, -0.15) is 0 Å². The van der Waals surface area contributed by atoms with Crippen molar-refractivity contribution in [3.8, 4) is 5.75 Å². The van der Waals surface area contributed by atoms with Crippen molar-refractivity contribution < 1.29 is 18.8 Å². The number of morpholine rings is 1. The second-order valence-corrected chi connectivity index (χ2v) is 4.57. The van der Waals surface area contributed by atoms with Crippen molar-refractivity contribution in [2.45, 2.75) is 13.0 Å². The Morgan fingerprint density at radius 1 is 1.60 bits per heavy atom. The van der Waals surface area contributed by atoms with E-state index in [-0.39, 0.29) is 24.1 Å². The maximum atomic E-state index is 13.2. The molecule has 0 radical (unpaired) electrons. The van der Waals surface area contributed by atoms with Crippen LogP contribution in [0, 0.1) is 15.9 Å². The molecule has 0 saturated carbocycles. The van der Waals surface area contributed by atoms with Gasteiger partial charge in [0.15, 0.2) is 5.75 Å². The number of hydrogen-bond acceptors (Lipinski definition) is 5. The fourth-order valence-corrected chi connectivity index (χ4v) is 2.11. The highest BCUT2D eigenvalue weighted by atomic mass is 19.1. The normalized spacial score (nSPS) is 19.8. The predicted molar refractivity (Wildman–Crippen MR) is 70.4 cm³/mol. The van der Waals surface area contributed by atoms with Gasteiger partial charge in [-0.25, -0.2) is 4.39 Å². The van der Waals surface area contributed by atoms with E-state index in [9.17, 15) is 14.5 Å². The summed E-state index contributed by atoms with van der Waals surface area (Å²) in [5.41, 5.74) is -0.241. The van der Waals surface area contributed by atoms with Crippen molar-refractivity contribution in [3.63, 3.8) is 0 Å². The van der Waals surface area contributed by atoms with Gasteiger partial charge in [0, 0.05) is 25.2 Å². The van der Waals surface area contributed by atoms with Crippen molar-refractivity contribution in [2.24, 2.45) is 0 Å². The number of ether oxygens (including phenoxy) is 2. The predicted octanol–water partition coefficient (Wildman–Crippen LogP) is 1.83. The van der Waals surface area contributed by atoms with Gasteiger partial charge in [0.1, 0.15) is 18.5 Å². The van der Waals surface area contributed by atoms with Gasteiger partial charge < -0.3 is 9.47 Å². The number of likely N-dealkylation sites (N-methyl/N-ethyl adjacent to an activating group) is 1. The van der Waals surface area contributed by atoms with Crippen molar-refractivity contribution in [2.75, 3.05) is 32.8 Å². The summed E-state index contributed by atoms with van der Waals surface area (Å²) >= 11 is 0. The Morgan fingerprint density at radius 3 is 3.10 bits per heavy atom. The van der Waals surface area contributed by atoms with E-state index in [1.165, 1.54) is 0 Å². The molecule has 1 aromatic rings. The number of nitro groups is 1. The molecular formula is C13H17FN2O4. The van der Waals surface area contributed by atoms with Crippen molar-refractivity contribution in [1.82, 2.24) is 4.90 Å². The lowest BCUT2D eigenvalue weighted by atomic mass is 10.2. The van der Waals surface area contributed by atoms with E-state index in [4.69, 9.17) is 9.47 Å². The number of nitro benzene ring substituents is 1. The Balaban J connectivity index is 1.99. The van der Waals surface area contributed by atoms with E-state index in [1.807, 2.05) is 0 Å². The first-order valence-corrected chi connectivity index (χ1v) is 6.51. The number of nitrogens with zero attached hydrogens (tertiary/aromatic N) is 2. The lowest BCUT2D eigenvalue weighted by Crippen LogP contribution is -2.44. The molecule has 0 N–H and O–H groups in total. The van der Waals surface area contributed by atoms with E-state index in [1.54, 1.807) is 0 Å². The van der Waals surface area contributed by atoms with Crippen LogP contribution in [0.25, 0.3) is 0 Å². The topological polar surface area (TPSA) is 64.8 Å². The summed E-state index contributed by atoms with van der Waals surface area (Å²) in [4.78, 5) is 12.5. The zero-order chi connectivity index (χ0) is 14.5. The van der Waals surface area contributed by atoms with Crippen LogP contribution in [-0.4, -0.2) is 48.8 Å². The molecule has 2 rings (SSSR count). The van der Waals surface area contributed by atoms with Crippen molar-refractivity contribution >= 4 is 5.69 Å². The molecule has 0 bridgehead atoms. The Bertz CT molecular complexity index is 483. The molecule has 0 spiro atoms. The van der Waals surface area contributed by atoms with E-state index in [0.29, 0.717) is 13.2 Å². The van der Waals surface area contributed by atoms with Gasteiger partial charge in [-0.05, 0) is 12.6 Å². The number of rotatable bonds is 5. The molecule has 6 nitrogen and oxygen atoms in total. The third-order valence-corrected chi connectivity index (χ3v) is 3.21. The Morgan fingerprint density at radius 2 is 2.40 bits per heavy atom. The minimum absolute atomic E-state index is 0.0628. The number of hydrogen-bond donors (Lipinski definition) is 0. The molecule has 1 aromatic carbocycles. The monoisotopic (exact) mass is 284 g/mol. The molecule has 20 heavy (non-hydrogen) atoms. The highest BCUT2D eigenvalue weighted by molar-refractivity contribution is 5.46. The third kappa shape index (κ3) is 3.64. The molecular weight excluding hydrogens is 267 g/mol. The standard InChI is InChI=1S/C13H17FN2O4/c1-2-15-5-6-19-11(8-15)9-20-13-7-10(14)3-4-12(13)16(17)18/h3-4,7,11H,2,5-6,8-9H2,1H3. The van der Waals surface area contributed by atoms with E-state index in [2.05, 4.69) is 11.8 Å². The SMILES string of the molecule is CCN1CCOC(COc2cc(F)ccc2[N+](=O)[O-])C1. The summed E-state index contributed by atoms with van der Waals surface area (Å²) in [5.74, 6) is -0.627. The fraction of sp³-hybridized carbons (Fsp3) is 0.538. The summed E-state index contributed by atoms with van der Waals surface area (Å²) in [7, 11) is 0. The Kier molecular flexibility index (Phi) is 4.86. The zero-order valence-corrected chi connectivity index (χ0v) is 11.3. The zero-order valence-electron chi connectivity index (χ0n) is 11.3. The van der Waals surface area contributed by atoms with E-state index >= 15 is 0 Å². The molecule has 1 fully saturated rings. The van der Waals surface area contributed by atoms with Gasteiger partial charge in [-0.1, -0.05) is 6.92 Å². The first-order valence-electron chi connectivity index (χ1n) is 6.51. The fourth-order valence-electron chi connectivity index (χ4n) is 2.11. The average Bonchev–Trinajstić information content (AvgIpc) is 2.45. The molecule has 110 valence electrons. The first-order chi connectivity index (χ1) is 9.60. The number of halogens is 1. The van der Waals surface area contributed by atoms with Gasteiger partial charge >= 0.3 is 5.69 Å². The molecule has 7 heteroatoms. The molecule has 1 aliphatic heterocycles. The summed E-state index contributed by atoms with van der Waals surface area (Å²) in [5, 5.41) is 10.8. The van der Waals surface area contributed by atoms with Crippen LogP contribution in [-0.2, 0) is 4.74 Å². The van der Waals surface area contributed by atoms with Crippen LogP contribution in [0.15, 0.2) is 18.2 Å².